The number of hydrogen-bond acceptors (Lipinski definition) is 5. The summed E-state index contributed by atoms with van der Waals surface area (Å²) in [7, 11) is 0. The van der Waals surface area contributed by atoms with Crippen LogP contribution in [0.1, 0.15) is 19.8 Å². The highest BCUT2D eigenvalue weighted by molar-refractivity contribution is 6.32. The normalized spacial score (nSPS) is 18.6. The van der Waals surface area contributed by atoms with Crippen molar-refractivity contribution in [2.24, 2.45) is 0 Å². The average Bonchev–Trinajstić information content (AvgIpc) is 2.76. The molecule has 1 aliphatic heterocycles. The smallest absolute Gasteiger partial charge is 0.224 e. The SMILES string of the molecule is CCNc1ncc(Cl)c(NCC2CCC(=O)N2)n1. The van der Waals surface area contributed by atoms with Gasteiger partial charge in [-0.1, -0.05) is 11.6 Å². The molecule has 7 heteroatoms. The molecule has 1 aromatic heterocycles. The molecular formula is C11H16ClN5O. The second-order valence-electron chi connectivity index (χ2n) is 4.10. The largest absolute Gasteiger partial charge is 0.367 e. The van der Waals surface area contributed by atoms with Crippen molar-refractivity contribution in [1.82, 2.24) is 15.3 Å². The Labute approximate surface area is 111 Å². The number of rotatable bonds is 5. The molecule has 0 spiro atoms. The fourth-order valence-electron chi connectivity index (χ4n) is 1.78. The Bertz CT molecular complexity index is 439. The van der Waals surface area contributed by atoms with Crippen LogP contribution in [0.15, 0.2) is 6.20 Å². The second kappa shape index (κ2) is 5.86. The van der Waals surface area contributed by atoms with Gasteiger partial charge in [0.1, 0.15) is 5.02 Å². The number of nitrogens with zero attached hydrogens (tertiary/aromatic N) is 2. The summed E-state index contributed by atoms with van der Waals surface area (Å²) >= 11 is 6.01. The van der Waals surface area contributed by atoms with E-state index in [4.69, 9.17) is 11.6 Å². The average molecular weight is 270 g/mol. The molecule has 0 saturated carbocycles. The zero-order chi connectivity index (χ0) is 13.0. The zero-order valence-corrected chi connectivity index (χ0v) is 10.9. The first-order valence-electron chi connectivity index (χ1n) is 5.98. The van der Waals surface area contributed by atoms with E-state index in [1.165, 1.54) is 0 Å². The molecule has 0 aliphatic carbocycles. The molecule has 98 valence electrons. The first kappa shape index (κ1) is 12.9. The molecule has 3 N–H and O–H groups in total. The van der Waals surface area contributed by atoms with Gasteiger partial charge in [0.05, 0.1) is 6.20 Å². The molecular weight excluding hydrogens is 254 g/mol. The molecule has 1 aliphatic rings. The van der Waals surface area contributed by atoms with Crippen molar-refractivity contribution in [3.63, 3.8) is 0 Å². The van der Waals surface area contributed by atoms with Gasteiger partial charge in [0.25, 0.3) is 0 Å². The number of aromatic nitrogens is 2. The van der Waals surface area contributed by atoms with E-state index in [9.17, 15) is 4.79 Å². The van der Waals surface area contributed by atoms with E-state index in [-0.39, 0.29) is 11.9 Å². The van der Waals surface area contributed by atoms with Crippen LogP contribution in [-0.4, -0.2) is 35.0 Å². The standard InChI is InChI=1S/C11H16ClN5O/c1-2-13-11-15-6-8(12)10(17-11)14-5-7-3-4-9(18)16-7/h6-7H,2-5H2,1H3,(H,16,18)(H2,13,14,15,17). The van der Waals surface area contributed by atoms with Crippen LogP contribution in [0.5, 0.6) is 0 Å². The highest BCUT2D eigenvalue weighted by atomic mass is 35.5. The fourth-order valence-corrected chi connectivity index (χ4v) is 1.94. The van der Waals surface area contributed by atoms with Crippen LogP contribution in [0.25, 0.3) is 0 Å². The predicted octanol–water partition coefficient (Wildman–Crippen LogP) is 1.25. The Kier molecular flexibility index (Phi) is 4.19. The minimum absolute atomic E-state index is 0.101. The van der Waals surface area contributed by atoms with E-state index >= 15 is 0 Å². The number of anilines is 2. The third-order valence-electron chi connectivity index (χ3n) is 2.68. The van der Waals surface area contributed by atoms with Crippen LogP contribution >= 0.6 is 11.6 Å². The monoisotopic (exact) mass is 269 g/mol. The van der Waals surface area contributed by atoms with Crippen LogP contribution in [-0.2, 0) is 4.79 Å². The molecule has 0 aromatic carbocycles. The molecule has 2 rings (SSSR count). The molecule has 18 heavy (non-hydrogen) atoms. The molecule has 1 saturated heterocycles. The molecule has 1 unspecified atom stereocenters. The summed E-state index contributed by atoms with van der Waals surface area (Å²) in [5.41, 5.74) is 0. The van der Waals surface area contributed by atoms with Gasteiger partial charge in [0.2, 0.25) is 11.9 Å². The molecule has 1 atom stereocenters. The quantitative estimate of drug-likeness (QED) is 0.750. The van der Waals surface area contributed by atoms with E-state index in [0.717, 1.165) is 13.0 Å². The molecule has 2 heterocycles. The van der Waals surface area contributed by atoms with Gasteiger partial charge >= 0.3 is 0 Å². The van der Waals surface area contributed by atoms with Crippen LogP contribution in [0.4, 0.5) is 11.8 Å². The lowest BCUT2D eigenvalue weighted by molar-refractivity contribution is -0.119. The molecule has 1 aromatic rings. The van der Waals surface area contributed by atoms with Crippen LogP contribution in [0.2, 0.25) is 5.02 Å². The van der Waals surface area contributed by atoms with Gasteiger partial charge in [-0.05, 0) is 13.3 Å². The Morgan fingerprint density at radius 1 is 1.56 bits per heavy atom. The number of hydrogen-bond donors (Lipinski definition) is 3. The van der Waals surface area contributed by atoms with Crippen molar-refractivity contribution >= 4 is 29.3 Å². The summed E-state index contributed by atoms with van der Waals surface area (Å²) in [6.07, 6.45) is 2.99. The molecule has 6 nitrogen and oxygen atoms in total. The summed E-state index contributed by atoms with van der Waals surface area (Å²) in [6, 6.07) is 0.145. The van der Waals surface area contributed by atoms with Gasteiger partial charge in [-0.25, -0.2) is 4.98 Å². The Morgan fingerprint density at radius 3 is 3.06 bits per heavy atom. The summed E-state index contributed by atoms with van der Waals surface area (Å²) in [5.74, 6) is 1.23. The number of nitrogens with one attached hydrogen (secondary N) is 3. The van der Waals surface area contributed by atoms with Crippen LogP contribution in [0, 0.1) is 0 Å². The molecule has 1 amide bonds. The van der Waals surface area contributed by atoms with Gasteiger partial charge in [0.15, 0.2) is 5.82 Å². The van der Waals surface area contributed by atoms with Crippen molar-refractivity contribution < 1.29 is 4.79 Å². The van der Waals surface area contributed by atoms with Crippen molar-refractivity contribution in [3.8, 4) is 0 Å². The lowest BCUT2D eigenvalue weighted by Crippen LogP contribution is -2.32. The molecule has 0 radical (unpaired) electrons. The topological polar surface area (TPSA) is 78.9 Å². The van der Waals surface area contributed by atoms with Crippen molar-refractivity contribution in [2.75, 3.05) is 23.7 Å². The lowest BCUT2D eigenvalue weighted by Gasteiger charge is -2.13. The Morgan fingerprint density at radius 2 is 2.39 bits per heavy atom. The van der Waals surface area contributed by atoms with Crippen LogP contribution < -0.4 is 16.0 Å². The van der Waals surface area contributed by atoms with E-state index in [2.05, 4.69) is 25.9 Å². The van der Waals surface area contributed by atoms with E-state index in [0.29, 0.717) is 29.8 Å². The van der Waals surface area contributed by atoms with Crippen LogP contribution in [0.3, 0.4) is 0 Å². The molecule has 0 bridgehead atoms. The number of carbonyl (C=O) groups excluding carboxylic acids is 1. The maximum atomic E-state index is 11.1. The van der Waals surface area contributed by atoms with Gasteiger partial charge in [-0.2, -0.15) is 4.98 Å². The summed E-state index contributed by atoms with van der Waals surface area (Å²) < 4.78 is 0. The fraction of sp³-hybridized carbons (Fsp3) is 0.545. The lowest BCUT2D eigenvalue weighted by atomic mass is 10.2. The number of halogens is 1. The third-order valence-corrected chi connectivity index (χ3v) is 2.96. The third kappa shape index (κ3) is 3.22. The Balaban J connectivity index is 1.95. The van der Waals surface area contributed by atoms with E-state index in [1.54, 1.807) is 6.20 Å². The summed E-state index contributed by atoms with van der Waals surface area (Å²) in [5, 5.41) is 9.51. The van der Waals surface area contributed by atoms with Gasteiger partial charge < -0.3 is 16.0 Å². The van der Waals surface area contributed by atoms with Gasteiger partial charge in [-0.3, -0.25) is 4.79 Å². The predicted molar refractivity (Wildman–Crippen MR) is 70.9 cm³/mol. The summed E-state index contributed by atoms with van der Waals surface area (Å²) in [6.45, 7) is 3.34. The first-order valence-corrected chi connectivity index (χ1v) is 6.36. The van der Waals surface area contributed by atoms with E-state index < -0.39 is 0 Å². The minimum Gasteiger partial charge on any atom is -0.367 e. The van der Waals surface area contributed by atoms with Gasteiger partial charge in [0, 0.05) is 25.6 Å². The van der Waals surface area contributed by atoms with Crippen molar-refractivity contribution in [2.45, 2.75) is 25.8 Å². The Hall–Kier alpha value is -1.56. The zero-order valence-electron chi connectivity index (χ0n) is 10.2. The van der Waals surface area contributed by atoms with Crippen molar-refractivity contribution in [3.05, 3.63) is 11.2 Å². The van der Waals surface area contributed by atoms with Crippen molar-refractivity contribution in [1.29, 1.82) is 0 Å². The first-order chi connectivity index (χ1) is 8.69. The number of amides is 1. The minimum atomic E-state index is 0.101. The van der Waals surface area contributed by atoms with Gasteiger partial charge in [-0.15, -0.1) is 0 Å². The maximum absolute atomic E-state index is 11.1. The highest BCUT2D eigenvalue weighted by Gasteiger charge is 2.20. The van der Waals surface area contributed by atoms with E-state index in [1.807, 2.05) is 6.92 Å². The summed E-state index contributed by atoms with van der Waals surface area (Å²) in [4.78, 5) is 19.4. The number of carbonyl (C=O) groups is 1. The maximum Gasteiger partial charge on any atom is 0.224 e. The highest BCUT2D eigenvalue weighted by Crippen LogP contribution is 2.19. The second-order valence-corrected chi connectivity index (χ2v) is 4.51. The molecule has 1 fully saturated rings.